The summed E-state index contributed by atoms with van der Waals surface area (Å²) in [7, 11) is 0. The highest BCUT2D eigenvalue weighted by atomic mass is 35.5. The molecule has 0 atom stereocenters. The first-order valence-electron chi connectivity index (χ1n) is 7.11. The molecule has 0 spiro atoms. The Hall–Kier alpha value is -2.94. The number of amides is 1. The molecule has 26 heavy (non-hydrogen) atoms. The molecule has 1 heterocycles. The average molecular weight is 385 g/mol. The Balaban J connectivity index is 1.89. The third kappa shape index (κ3) is 3.67. The smallest absolute Gasteiger partial charge is 0.318 e. The topological polar surface area (TPSA) is 59.8 Å². The summed E-state index contributed by atoms with van der Waals surface area (Å²) < 4.78 is 53.7. The van der Waals surface area contributed by atoms with Crippen molar-refractivity contribution in [2.24, 2.45) is 0 Å². The van der Waals surface area contributed by atoms with Crippen LogP contribution in [0.1, 0.15) is 16.1 Å². The van der Waals surface area contributed by atoms with E-state index in [0.29, 0.717) is 0 Å². The molecule has 0 aliphatic heterocycles. The zero-order valence-corrected chi connectivity index (χ0v) is 13.5. The van der Waals surface area contributed by atoms with Crippen LogP contribution in [0.15, 0.2) is 48.7 Å². The van der Waals surface area contributed by atoms with Crippen LogP contribution in [-0.2, 0) is 6.18 Å². The fourth-order valence-corrected chi connectivity index (χ4v) is 2.35. The van der Waals surface area contributed by atoms with E-state index < -0.39 is 23.5 Å². The van der Waals surface area contributed by atoms with Crippen LogP contribution in [0, 0.1) is 5.82 Å². The highest BCUT2D eigenvalue weighted by Crippen LogP contribution is 2.33. The maximum absolute atomic E-state index is 13.7. The van der Waals surface area contributed by atoms with Gasteiger partial charge in [0.1, 0.15) is 5.82 Å². The van der Waals surface area contributed by atoms with Crippen molar-refractivity contribution in [2.45, 2.75) is 6.18 Å². The Labute approximate surface area is 149 Å². The lowest BCUT2D eigenvalue weighted by Crippen LogP contribution is -2.13. The van der Waals surface area contributed by atoms with Gasteiger partial charge in [-0.15, -0.1) is 5.10 Å². The van der Waals surface area contributed by atoms with Crippen LogP contribution in [0.3, 0.4) is 0 Å². The van der Waals surface area contributed by atoms with Crippen LogP contribution in [0.25, 0.3) is 5.69 Å². The molecular formula is C16H9ClF4N4O. The third-order valence-electron chi connectivity index (χ3n) is 3.36. The van der Waals surface area contributed by atoms with Gasteiger partial charge in [0.2, 0.25) is 0 Å². The molecule has 2 aromatic carbocycles. The summed E-state index contributed by atoms with van der Waals surface area (Å²) in [6, 6.07) is 8.27. The van der Waals surface area contributed by atoms with Crippen LogP contribution in [0.2, 0.25) is 5.02 Å². The SMILES string of the molecule is O=C(Nc1cc(Cl)ccc1F)c1cn(-c2ccccc2C(F)(F)F)nn1. The lowest BCUT2D eigenvalue weighted by Gasteiger charge is -2.11. The molecule has 3 aromatic rings. The highest BCUT2D eigenvalue weighted by Gasteiger charge is 2.34. The summed E-state index contributed by atoms with van der Waals surface area (Å²) in [5, 5.41) is 9.53. The molecule has 0 unspecified atom stereocenters. The monoisotopic (exact) mass is 384 g/mol. The Morgan fingerprint density at radius 1 is 1.15 bits per heavy atom. The fourth-order valence-electron chi connectivity index (χ4n) is 2.18. The molecule has 0 saturated heterocycles. The minimum Gasteiger partial charge on any atom is -0.318 e. The summed E-state index contributed by atoms with van der Waals surface area (Å²) in [6.45, 7) is 0. The van der Waals surface area contributed by atoms with Crippen LogP contribution in [0.5, 0.6) is 0 Å². The zero-order valence-electron chi connectivity index (χ0n) is 12.8. The number of aromatic nitrogens is 3. The minimum atomic E-state index is -4.60. The van der Waals surface area contributed by atoms with Gasteiger partial charge < -0.3 is 5.32 Å². The molecule has 1 aromatic heterocycles. The van der Waals surface area contributed by atoms with Crippen molar-refractivity contribution >= 4 is 23.2 Å². The van der Waals surface area contributed by atoms with Gasteiger partial charge in [0.25, 0.3) is 5.91 Å². The van der Waals surface area contributed by atoms with Crippen LogP contribution in [0.4, 0.5) is 23.2 Å². The Kier molecular flexibility index (Phi) is 4.64. The van der Waals surface area contributed by atoms with Crippen molar-refractivity contribution in [3.8, 4) is 5.69 Å². The van der Waals surface area contributed by atoms with E-state index in [4.69, 9.17) is 11.6 Å². The zero-order chi connectivity index (χ0) is 18.9. The fraction of sp³-hybridized carbons (Fsp3) is 0.0625. The van der Waals surface area contributed by atoms with Crippen molar-refractivity contribution < 1.29 is 22.4 Å². The predicted octanol–water partition coefficient (Wildman–Crippen LogP) is 4.33. The number of hydrogen-bond donors (Lipinski definition) is 1. The van der Waals surface area contributed by atoms with Crippen LogP contribution in [-0.4, -0.2) is 20.9 Å². The first kappa shape index (κ1) is 17.9. The van der Waals surface area contributed by atoms with E-state index in [-0.39, 0.29) is 22.1 Å². The average Bonchev–Trinajstić information content (AvgIpc) is 3.07. The number of carbonyl (C=O) groups is 1. The number of halogens is 5. The molecule has 0 aliphatic rings. The molecule has 0 saturated carbocycles. The van der Waals surface area contributed by atoms with Crippen LogP contribution < -0.4 is 5.32 Å². The molecule has 1 N–H and O–H groups in total. The minimum absolute atomic E-state index is 0.187. The van der Waals surface area contributed by atoms with Gasteiger partial charge in [0, 0.05) is 5.02 Å². The number of hydrogen-bond acceptors (Lipinski definition) is 3. The van der Waals surface area contributed by atoms with Crippen molar-refractivity contribution in [1.29, 1.82) is 0 Å². The van der Waals surface area contributed by atoms with Gasteiger partial charge >= 0.3 is 6.18 Å². The Bertz CT molecular complexity index is 971. The first-order chi connectivity index (χ1) is 12.3. The van der Waals surface area contributed by atoms with E-state index in [0.717, 1.165) is 23.0 Å². The number of para-hydroxylation sites is 1. The molecule has 5 nitrogen and oxygen atoms in total. The van der Waals surface area contributed by atoms with Gasteiger partial charge in [-0.25, -0.2) is 9.07 Å². The molecule has 0 aliphatic carbocycles. The molecule has 1 amide bonds. The van der Waals surface area contributed by atoms with E-state index in [1.54, 1.807) is 0 Å². The molecule has 10 heteroatoms. The number of nitrogens with one attached hydrogen (secondary N) is 1. The van der Waals surface area contributed by atoms with Crippen molar-refractivity contribution in [1.82, 2.24) is 15.0 Å². The number of nitrogens with zero attached hydrogens (tertiary/aromatic N) is 3. The van der Waals surface area contributed by atoms with Crippen molar-refractivity contribution in [3.63, 3.8) is 0 Å². The summed E-state index contributed by atoms with van der Waals surface area (Å²) in [5.41, 5.74) is -1.70. The lowest BCUT2D eigenvalue weighted by atomic mass is 10.1. The number of anilines is 1. The third-order valence-corrected chi connectivity index (χ3v) is 3.59. The summed E-state index contributed by atoms with van der Waals surface area (Å²) in [4.78, 5) is 12.1. The second kappa shape index (κ2) is 6.75. The van der Waals surface area contributed by atoms with Gasteiger partial charge in [-0.05, 0) is 30.3 Å². The van der Waals surface area contributed by atoms with Gasteiger partial charge in [-0.1, -0.05) is 28.9 Å². The standard InChI is InChI=1S/C16H9ClF4N4O/c17-9-5-6-11(18)12(7-9)22-15(26)13-8-25(24-23-13)14-4-2-1-3-10(14)16(19,20)21/h1-8H,(H,22,26). The number of carbonyl (C=O) groups excluding carboxylic acids is 1. The molecular weight excluding hydrogens is 376 g/mol. The Morgan fingerprint density at radius 3 is 2.62 bits per heavy atom. The molecule has 0 fully saturated rings. The second-order valence-electron chi connectivity index (χ2n) is 5.14. The van der Waals surface area contributed by atoms with E-state index in [9.17, 15) is 22.4 Å². The maximum Gasteiger partial charge on any atom is 0.418 e. The van der Waals surface area contributed by atoms with Gasteiger partial charge in [0.05, 0.1) is 23.1 Å². The first-order valence-corrected chi connectivity index (χ1v) is 7.49. The summed E-state index contributed by atoms with van der Waals surface area (Å²) in [6.07, 6.45) is -3.59. The maximum atomic E-state index is 13.7. The van der Waals surface area contributed by atoms with Gasteiger partial charge in [-0.2, -0.15) is 13.2 Å². The predicted molar refractivity (Wildman–Crippen MR) is 85.7 cm³/mol. The summed E-state index contributed by atoms with van der Waals surface area (Å²) in [5.74, 6) is -1.57. The number of rotatable bonds is 3. The van der Waals surface area contributed by atoms with Gasteiger partial charge in [0.15, 0.2) is 5.69 Å². The largest absolute Gasteiger partial charge is 0.418 e. The molecule has 3 rings (SSSR count). The van der Waals surface area contributed by atoms with Crippen LogP contribution >= 0.6 is 11.6 Å². The van der Waals surface area contributed by atoms with E-state index >= 15 is 0 Å². The van der Waals surface area contributed by atoms with Crippen molar-refractivity contribution in [2.75, 3.05) is 5.32 Å². The second-order valence-corrected chi connectivity index (χ2v) is 5.58. The summed E-state index contributed by atoms with van der Waals surface area (Å²) >= 11 is 5.73. The van der Waals surface area contributed by atoms with E-state index in [2.05, 4.69) is 15.6 Å². The quantitative estimate of drug-likeness (QED) is 0.684. The molecule has 0 radical (unpaired) electrons. The lowest BCUT2D eigenvalue weighted by molar-refractivity contribution is -0.137. The van der Waals surface area contributed by atoms with E-state index in [1.807, 2.05) is 0 Å². The number of alkyl halides is 3. The Morgan fingerprint density at radius 2 is 1.88 bits per heavy atom. The molecule has 0 bridgehead atoms. The highest BCUT2D eigenvalue weighted by molar-refractivity contribution is 6.31. The molecule has 134 valence electrons. The normalized spacial score (nSPS) is 11.4. The number of benzene rings is 2. The van der Waals surface area contributed by atoms with Gasteiger partial charge in [-0.3, -0.25) is 4.79 Å². The van der Waals surface area contributed by atoms with Crippen molar-refractivity contribution in [3.05, 3.63) is 70.8 Å². The van der Waals surface area contributed by atoms with E-state index in [1.165, 1.54) is 30.3 Å².